The third kappa shape index (κ3) is 3.64. The van der Waals surface area contributed by atoms with Crippen molar-refractivity contribution in [1.29, 1.82) is 0 Å². The van der Waals surface area contributed by atoms with Crippen LogP contribution in [0.15, 0.2) is 16.8 Å². The Labute approximate surface area is 110 Å². The monoisotopic (exact) mass is 265 g/mol. The fraction of sp³-hybridized carbons (Fsp3) is 0.417. The first-order valence-corrected chi connectivity index (χ1v) is 6.11. The number of rotatable bonds is 6. The summed E-state index contributed by atoms with van der Waals surface area (Å²) in [6, 6.07) is 1.78. The van der Waals surface area contributed by atoms with Crippen LogP contribution >= 0.6 is 0 Å². The van der Waals surface area contributed by atoms with Gasteiger partial charge in [-0.25, -0.2) is 9.37 Å². The summed E-state index contributed by atoms with van der Waals surface area (Å²) in [6.45, 7) is 4.92. The van der Waals surface area contributed by atoms with E-state index in [1.807, 2.05) is 6.92 Å². The van der Waals surface area contributed by atoms with Crippen molar-refractivity contribution in [3.8, 4) is 0 Å². The number of halogens is 1. The van der Waals surface area contributed by atoms with E-state index < -0.39 is 5.82 Å². The average Bonchev–Trinajstić information content (AvgIpc) is 2.82. The molecule has 6 nitrogen and oxygen atoms in total. The molecule has 0 bridgehead atoms. The smallest absolute Gasteiger partial charge is 0.224 e. The van der Waals surface area contributed by atoms with Gasteiger partial charge in [-0.05, 0) is 13.3 Å². The Bertz CT molecular complexity index is 543. The largest absolute Gasteiger partial charge is 0.362 e. The van der Waals surface area contributed by atoms with Gasteiger partial charge in [0.15, 0.2) is 11.6 Å². The summed E-state index contributed by atoms with van der Waals surface area (Å²) in [7, 11) is 0. The van der Waals surface area contributed by atoms with Gasteiger partial charge >= 0.3 is 0 Å². The Morgan fingerprint density at radius 1 is 1.37 bits per heavy atom. The number of aryl methyl sites for hydroxylation is 1. The van der Waals surface area contributed by atoms with Gasteiger partial charge in [-0.15, -0.1) is 0 Å². The molecule has 2 rings (SSSR count). The molecule has 0 aromatic carbocycles. The molecule has 2 heterocycles. The lowest BCUT2D eigenvalue weighted by atomic mass is 10.4. The molecule has 0 fully saturated rings. The highest BCUT2D eigenvalue weighted by atomic mass is 19.1. The molecule has 0 aliphatic carbocycles. The van der Waals surface area contributed by atoms with Crippen LogP contribution in [0.4, 0.5) is 16.2 Å². The van der Waals surface area contributed by atoms with Crippen molar-refractivity contribution < 1.29 is 8.91 Å². The van der Waals surface area contributed by atoms with E-state index in [-0.39, 0.29) is 5.82 Å². The summed E-state index contributed by atoms with van der Waals surface area (Å²) < 4.78 is 18.5. The van der Waals surface area contributed by atoms with Crippen molar-refractivity contribution in [2.24, 2.45) is 0 Å². The number of anilines is 2. The highest BCUT2D eigenvalue weighted by Crippen LogP contribution is 2.13. The SMILES string of the molecule is CCCNc1ncc(F)c(NCc2cc(C)on2)n1. The summed E-state index contributed by atoms with van der Waals surface area (Å²) in [5, 5.41) is 9.69. The Hall–Kier alpha value is -2.18. The molecule has 2 N–H and O–H groups in total. The van der Waals surface area contributed by atoms with Crippen molar-refractivity contribution in [1.82, 2.24) is 15.1 Å². The second kappa shape index (κ2) is 6.12. The first-order valence-electron chi connectivity index (χ1n) is 6.11. The Balaban J connectivity index is 2.02. The van der Waals surface area contributed by atoms with E-state index in [4.69, 9.17) is 4.52 Å². The van der Waals surface area contributed by atoms with Gasteiger partial charge in [0.05, 0.1) is 12.7 Å². The minimum absolute atomic E-state index is 0.147. The zero-order valence-corrected chi connectivity index (χ0v) is 10.9. The van der Waals surface area contributed by atoms with Crippen molar-refractivity contribution in [3.63, 3.8) is 0 Å². The Kier molecular flexibility index (Phi) is 4.27. The lowest BCUT2D eigenvalue weighted by Gasteiger charge is -2.07. The Morgan fingerprint density at radius 2 is 2.21 bits per heavy atom. The Morgan fingerprint density at radius 3 is 2.89 bits per heavy atom. The molecule has 0 amide bonds. The minimum Gasteiger partial charge on any atom is -0.362 e. The summed E-state index contributed by atoms with van der Waals surface area (Å²) in [4.78, 5) is 7.93. The molecule has 0 unspecified atom stereocenters. The predicted octanol–water partition coefficient (Wildman–Crippen LogP) is 2.35. The van der Waals surface area contributed by atoms with Gasteiger partial charge in [0.1, 0.15) is 11.5 Å². The quantitative estimate of drug-likeness (QED) is 0.835. The van der Waals surface area contributed by atoms with Gasteiger partial charge in [-0.3, -0.25) is 0 Å². The van der Waals surface area contributed by atoms with Crippen LogP contribution in [0.3, 0.4) is 0 Å². The first kappa shape index (κ1) is 13.3. The lowest BCUT2D eigenvalue weighted by Crippen LogP contribution is -2.09. The van der Waals surface area contributed by atoms with Crippen LogP contribution in [-0.2, 0) is 6.54 Å². The average molecular weight is 265 g/mol. The van der Waals surface area contributed by atoms with Crippen LogP contribution in [0.1, 0.15) is 24.8 Å². The maximum atomic E-state index is 13.5. The van der Waals surface area contributed by atoms with Crippen LogP contribution in [0.5, 0.6) is 0 Å². The highest BCUT2D eigenvalue weighted by molar-refractivity contribution is 5.41. The van der Waals surface area contributed by atoms with Crippen LogP contribution < -0.4 is 10.6 Å². The van der Waals surface area contributed by atoms with Crippen LogP contribution in [0.25, 0.3) is 0 Å². The van der Waals surface area contributed by atoms with Crippen molar-refractivity contribution in [3.05, 3.63) is 29.5 Å². The highest BCUT2D eigenvalue weighted by Gasteiger charge is 2.07. The molecular weight excluding hydrogens is 249 g/mol. The molecule has 0 saturated carbocycles. The first-order chi connectivity index (χ1) is 9.19. The van der Waals surface area contributed by atoms with E-state index >= 15 is 0 Å². The molecule has 102 valence electrons. The molecule has 0 saturated heterocycles. The normalized spacial score (nSPS) is 10.5. The zero-order valence-electron chi connectivity index (χ0n) is 10.9. The molecule has 0 aliphatic heterocycles. The molecule has 2 aromatic rings. The summed E-state index contributed by atoms with van der Waals surface area (Å²) in [5.41, 5.74) is 0.693. The third-order valence-electron chi connectivity index (χ3n) is 2.39. The van der Waals surface area contributed by atoms with E-state index in [2.05, 4.69) is 25.8 Å². The van der Waals surface area contributed by atoms with Crippen molar-refractivity contribution in [2.45, 2.75) is 26.8 Å². The fourth-order valence-electron chi connectivity index (χ4n) is 1.49. The van der Waals surface area contributed by atoms with Gasteiger partial charge in [-0.1, -0.05) is 12.1 Å². The third-order valence-corrected chi connectivity index (χ3v) is 2.39. The predicted molar refractivity (Wildman–Crippen MR) is 69.3 cm³/mol. The maximum absolute atomic E-state index is 13.5. The van der Waals surface area contributed by atoms with Crippen LogP contribution in [0.2, 0.25) is 0 Å². The maximum Gasteiger partial charge on any atom is 0.224 e. The van der Waals surface area contributed by atoms with E-state index in [0.29, 0.717) is 23.9 Å². The van der Waals surface area contributed by atoms with Gasteiger partial charge in [0.2, 0.25) is 5.95 Å². The topological polar surface area (TPSA) is 75.9 Å². The van der Waals surface area contributed by atoms with Gasteiger partial charge in [0.25, 0.3) is 0 Å². The summed E-state index contributed by atoms with van der Waals surface area (Å²) in [5.74, 6) is 0.767. The molecule has 0 atom stereocenters. The van der Waals surface area contributed by atoms with Gasteiger partial charge in [0, 0.05) is 12.6 Å². The molecule has 2 aromatic heterocycles. The van der Waals surface area contributed by atoms with E-state index in [1.165, 1.54) is 0 Å². The number of nitrogens with zero attached hydrogens (tertiary/aromatic N) is 3. The number of aromatic nitrogens is 3. The molecule has 19 heavy (non-hydrogen) atoms. The zero-order chi connectivity index (χ0) is 13.7. The molecule has 0 aliphatic rings. The molecule has 0 spiro atoms. The van der Waals surface area contributed by atoms with E-state index in [9.17, 15) is 4.39 Å². The van der Waals surface area contributed by atoms with Gasteiger partial charge in [-0.2, -0.15) is 4.98 Å². The lowest BCUT2D eigenvalue weighted by molar-refractivity contribution is 0.391. The second-order valence-corrected chi connectivity index (χ2v) is 4.10. The van der Waals surface area contributed by atoms with Crippen molar-refractivity contribution >= 4 is 11.8 Å². The summed E-state index contributed by atoms with van der Waals surface area (Å²) >= 11 is 0. The number of nitrogens with one attached hydrogen (secondary N) is 2. The summed E-state index contributed by atoms with van der Waals surface area (Å²) in [6.07, 6.45) is 2.09. The molecule has 0 radical (unpaired) electrons. The van der Waals surface area contributed by atoms with Crippen molar-refractivity contribution in [2.75, 3.05) is 17.2 Å². The van der Waals surface area contributed by atoms with Gasteiger partial charge < -0.3 is 15.2 Å². The fourth-order valence-corrected chi connectivity index (χ4v) is 1.49. The standard InChI is InChI=1S/C12H16FN5O/c1-3-4-14-12-16-7-10(13)11(17-12)15-6-9-5-8(2)19-18-9/h5,7H,3-4,6H2,1-2H3,(H2,14,15,16,17). The number of hydrogen-bond donors (Lipinski definition) is 2. The van der Waals surface area contributed by atoms with Crippen LogP contribution in [0, 0.1) is 12.7 Å². The van der Waals surface area contributed by atoms with Crippen LogP contribution in [-0.4, -0.2) is 21.7 Å². The second-order valence-electron chi connectivity index (χ2n) is 4.10. The minimum atomic E-state index is -0.498. The van der Waals surface area contributed by atoms with E-state index in [0.717, 1.165) is 19.2 Å². The van der Waals surface area contributed by atoms with E-state index in [1.54, 1.807) is 13.0 Å². The number of hydrogen-bond acceptors (Lipinski definition) is 6. The molecular formula is C12H16FN5O. The molecule has 7 heteroatoms.